The van der Waals surface area contributed by atoms with Crippen molar-refractivity contribution >= 4 is 11.1 Å². The van der Waals surface area contributed by atoms with Crippen LogP contribution in [0.3, 0.4) is 0 Å². The van der Waals surface area contributed by atoms with E-state index in [4.69, 9.17) is 5.10 Å². The van der Waals surface area contributed by atoms with Crippen molar-refractivity contribution in [2.45, 2.75) is 12.8 Å². The lowest BCUT2D eigenvalue weighted by atomic mass is 9.97. The lowest BCUT2D eigenvalue weighted by Crippen LogP contribution is -2.19. The number of nitrogens with zero attached hydrogens (tertiary/aromatic N) is 2. The van der Waals surface area contributed by atoms with Crippen molar-refractivity contribution in [1.29, 1.82) is 0 Å². The fraction of sp³-hybridized carbons (Fsp3) is 0.269. The van der Waals surface area contributed by atoms with Gasteiger partial charge < -0.3 is 10.6 Å². The van der Waals surface area contributed by atoms with Gasteiger partial charge in [0.2, 0.25) is 0 Å². The van der Waals surface area contributed by atoms with E-state index >= 15 is 0 Å². The van der Waals surface area contributed by atoms with Gasteiger partial charge in [-0.3, -0.25) is 4.68 Å². The van der Waals surface area contributed by atoms with Gasteiger partial charge in [0.1, 0.15) is 0 Å². The van der Waals surface area contributed by atoms with Gasteiger partial charge in [-0.2, -0.15) is 5.10 Å². The largest absolute Gasteiger partial charge is 0.313 e. The number of hydrogen-bond donors (Lipinski definition) is 2. The van der Waals surface area contributed by atoms with Gasteiger partial charge in [0.15, 0.2) is 0 Å². The topological polar surface area (TPSA) is 41.9 Å². The summed E-state index contributed by atoms with van der Waals surface area (Å²) in [5.74, 6) is 0. The lowest BCUT2D eigenvalue weighted by Gasteiger charge is -2.14. The van der Waals surface area contributed by atoms with E-state index in [-0.39, 0.29) is 0 Å². The minimum atomic E-state index is 0.966. The van der Waals surface area contributed by atoms with Gasteiger partial charge in [-0.05, 0) is 59.8 Å². The van der Waals surface area contributed by atoms with Crippen LogP contribution in [0.1, 0.15) is 24.0 Å². The summed E-state index contributed by atoms with van der Waals surface area (Å²) in [5.41, 5.74) is 10.0. The second-order valence-corrected chi connectivity index (χ2v) is 8.06. The van der Waals surface area contributed by atoms with Crippen molar-refractivity contribution in [2.75, 3.05) is 26.2 Å². The summed E-state index contributed by atoms with van der Waals surface area (Å²) in [5, 5.41) is 11.5. The van der Waals surface area contributed by atoms with Crippen LogP contribution in [0, 0.1) is 0 Å². The third-order valence-corrected chi connectivity index (χ3v) is 6.11. The van der Waals surface area contributed by atoms with Crippen molar-refractivity contribution < 1.29 is 0 Å². The number of nitrogens with one attached hydrogen (secondary N) is 2. The Hall–Kier alpha value is -2.95. The van der Waals surface area contributed by atoms with Gasteiger partial charge in [0.05, 0.1) is 11.4 Å². The predicted octanol–water partition coefficient (Wildman–Crippen LogP) is 4.51. The molecule has 0 amide bonds. The molecular weight excluding hydrogens is 368 g/mol. The molecule has 152 valence electrons. The Morgan fingerprint density at radius 1 is 0.700 bits per heavy atom. The molecule has 2 N–H and O–H groups in total. The Bertz CT molecular complexity index is 1090. The van der Waals surface area contributed by atoms with Crippen molar-refractivity contribution in [3.05, 3.63) is 77.9 Å². The molecule has 5 rings (SSSR count). The van der Waals surface area contributed by atoms with Gasteiger partial charge in [-0.1, -0.05) is 60.7 Å². The summed E-state index contributed by atoms with van der Waals surface area (Å²) >= 11 is 0. The van der Waals surface area contributed by atoms with Gasteiger partial charge in [0, 0.05) is 25.7 Å². The van der Waals surface area contributed by atoms with E-state index in [1.165, 1.54) is 27.8 Å². The van der Waals surface area contributed by atoms with E-state index in [1.807, 2.05) is 11.7 Å². The Morgan fingerprint density at radius 3 is 1.70 bits per heavy atom. The number of benzene rings is 2. The molecule has 30 heavy (non-hydrogen) atoms. The smallest absolute Gasteiger partial charge is 0.0929 e. The van der Waals surface area contributed by atoms with Crippen molar-refractivity contribution in [2.24, 2.45) is 7.05 Å². The third-order valence-electron chi connectivity index (χ3n) is 6.11. The van der Waals surface area contributed by atoms with E-state index in [9.17, 15) is 0 Å². The van der Waals surface area contributed by atoms with E-state index in [0.29, 0.717) is 0 Å². The van der Waals surface area contributed by atoms with E-state index in [2.05, 4.69) is 77.4 Å². The molecule has 0 radical (unpaired) electrons. The van der Waals surface area contributed by atoms with Crippen LogP contribution >= 0.6 is 0 Å². The van der Waals surface area contributed by atoms with Gasteiger partial charge in [-0.15, -0.1) is 0 Å². The molecule has 4 nitrogen and oxygen atoms in total. The molecule has 0 spiro atoms. The van der Waals surface area contributed by atoms with Crippen molar-refractivity contribution in [3.8, 4) is 22.5 Å². The molecule has 0 fully saturated rings. The summed E-state index contributed by atoms with van der Waals surface area (Å²) < 4.78 is 1.98. The number of aromatic nitrogens is 2. The molecule has 0 saturated heterocycles. The second-order valence-electron chi connectivity index (χ2n) is 8.06. The first-order valence-corrected chi connectivity index (χ1v) is 10.8. The molecule has 0 unspecified atom stereocenters. The first-order chi connectivity index (χ1) is 14.8. The molecule has 4 heteroatoms. The Morgan fingerprint density at radius 2 is 1.20 bits per heavy atom. The average Bonchev–Trinajstić information content (AvgIpc) is 3.22. The highest BCUT2D eigenvalue weighted by atomic mass is 15.3. The normalized spacial score (nSPS) is 16.8. The van der Waals surface area contributed by atoms with Crippen LogP contribution in [0.15, 0.2) is 66.7 Å². The molecular formula is C26H28N4. The monoisotopic (exact) mass is 396 g/mol. The maximum absolute atomic E-state index is 4.78. The Labute approximate surface area is 178 Å². The Balaban J connectivity index is 1.38. The van der Waals surface area contributed by atoms with Crippen LogP contribution in [0.4, 0.5) is 0 Å². The fourth-order valence-electron chi connectivity index (χ4n) is 4.36. The zero-order valence-corrected chi connectivity index (χ0v) is 17.5. The molecule has 0 bridgehead atoms. The first kappa shape index (κ1) is 19.0. The molecule has 2 aromatic carbocycles. The zero-order chi connectivity index (χ0) is 20.3. The molecule has 2 aliphatic heterocycles. The summed E-state index contributed by atoms with van der Waals surface area (Å²) in [6.45, 7) is 4.05. The predicted molar refractivity (Wildman–Crippen MR) is 125 cm³/mol. The first-order valence-electron chi connectivity index (χ1n) is 10.8. The van der Waals surface area contributed by atoms with E-state index < -0.39 is 0 Å². The van der Waals surface area contributed by atoms with Crippen LogP contribution in [-0.4, -0.2) is 36.0 Å². The quantitative estimate of drug-likeness (QED) is 0.682. The van der Waals surface area contributed by atoms with E-state index in [1.54, 1.807) is 0 Å². The minimum Gasteiger partial charge on any atom is -0.313 e. The van der Waals surface area contributed by atoms with Crippen molar-refractivity contribution in [1.82, 2.24) is 20.4 Å². The summed E-state index contributed by atoms with van der Waals surface area (Å²) in [4.78, 5) is 0. The molecule has 0 aliphatic carbocycles. The molecule has 0 saturated carbocycles. The molecule has 0 atom stereocenters. The fourth-order valence-corrected chi connectivity index (χ4v) is 4.36. The highest BCUT2D eigenvalue weighted by Crippen LogP contribution is 2.29. The minimum absolute atomic E-state index is 0.966. The van der Waals surface area contributed by atoms with Crippen LogP contribution < -0.4 is 10.6 Å². The maximum Gasteiger partial charge on any atom is 0.0929 e. The number of hydrogen-bond acceptors (Lipinski definition) is 3. The van der Waals surface area contributed by atoms with Crippen LogP contribution in [0.25, 0.3) is 33.7 Å². The summed E-state index contributed by atoms with van der Waals surface area (Å²) in [6.07, 6.45) is 6.78. The molecule has 1 aromatic heterocycles. The maximum atomic E-state index is 4.78. The molecule has 2 aliphatic rings. The van der Waals surface area contributed by atoms with Crippen LogP contribution in [0.5, 0.6) is 0 Å². The van der Waals surface area contributed by atoms with Crippen LogP contribution in [0.2, 0.25) is 0 Å². The van der Waals surface area contributed by atoms with Gasteiger partial charge in [0.25, 0.3) is 0 Å². The summed E-state index contributed by atoms with van der Waals surface area (Å²) in [7, 11) is 2.02. The molecule has 3 heterocycles. The van der Waals surface area contributed by atoms with Gasteiger partial charge >= 0.3 is 0 Å². The van der Waals surface area contributed by atoms with E-state index in [0.717, 1.165) is 56.0 Å². The molecule has 3 aromatic rings. The average molecular weight is 397 g/mol. The SMILES string of the molecule is Cn1nc(-c2ccc(C3=CCNCC3)cc2)cc1-c1ccc(C2=CCNCC2)cc1. The summed E-state index contributed by atoms with van der Waals surface area (Å²) in [6, 6.07) is 19.9. The van der Waals surface area contributed by atoms with Crippen molar-refractivity contribution in [3.63, 3.8) is 0 Å². The third kappa shape index (κ3) is 3.89. The van der Waals surface area contributed by atoms with Gasteiger partial charge in [-0.25, -0.2) is 0 Å². The van der Waals surface area contributed by atoms with Crippen LogP contribution in [-0.2, 0) is 7.05 Å². The second kappa shape index (κ2) is 8.42. The standard InChI is InChI=1S/C26H28N4/c1-30-26(24-8-4-20(5-9-24)22-12-16-28-17-13-22)18-25(29-30)23-6-2-19(3-7-23)21-10-14-27-15-11-21/h2-10,12,18,27-28H,11,13-17H2,1H3. The Kier molecular flexibility index (Phi) is 5.35. The highest BCUT2D eigenvalue weighted by Gasteiger charge is 2.12. The number of aryl methyl sites for hydroxylation is 1. The number of rotatable bonds is 4. The lowest BCUT2D eigenvalue weighted by molar-refractivity contribution is 0.738. The zero-order valence-electron chi connectivity index (χ0n) is 17.5. The highest BCUT2D eigenvalue weighted by molar-refractivity contribution is 5.74.